The largest absolute Gasteiger partial charge is 0.382 e. The smallest absolute Gasteiger partial charge is 0.279 e. The van der Waals surface area contributed by atoms with Crippen LogP contribution in [0.1, 0.15) is 34.5 Å². The number of halogens is 1. The Balaban J connectivity index is 1.87. The second-order valence-electron chi connectivity index (χ2n) is 5.62. The van der Waals surface area contributed by atoms with Gasteiger partial charge in [-0.25, -0.2) is 0 Å². The SMILES string of the molecule is Nc1nn(C(=O)c2cccc3[nH]c(Br)cc23)c2c1CCCC2. The lowest BCUT2D eigenvalue weighted by Crippen LogP contribution is -2.18. The van der Waals surface area contributed by atoms with Gasteiger partial charge in [0.1, 0.15) is 5.82 Å². The van der Waals surface area contributed by atoms with Crippen molar-refractivity contribution in [1.29, 1.82) is 0 Å². The molecule has 0 radical (unpaired) electrons. The molecule has 0 saturated carbocycles. The number of aromatic nitrogens is 3. The predicted molar refractivity (Wildman–Crippen MR) is 89.0 cm³/mol. The van der Waals surface area contributed by atoms with Crippen LogP contribution in [0.25, 0.3) is 10.9 Å². The van der Waals surface area contributed by atoms with Gasteiger partial charge in [0, 0.05) is 16.5 Å². The zero-order chi connectivity index (χ0) is 15.3. The van der Waals surface area contributed by atoms with E-state index in [4.69, 9.17) is 5.73 Å². The lowest BCUT2D eigenvalue weighted by Gasteiger charge is -2.13. The van der Waals surface area contributed by atoms with Gasteiger partial charge in [0.15, 0.2) is 0 Å². The number of H-pyrrole nitrogens is 1. The molecule has 1 aliphatic rings. The van der Waals surface area contributed by atoms with Gasteiger partial charge >= 0.3 is 0 Å². The number of anilines is 1. The average Bonchev–Trinajstić information content (AvgIpc) is 3.06. The van der Waals surface area contributed by atoms with E-state index in [1.807, 2.05) is 24.3 Å². The standard InChI is InChI=1S/C16H15BrN4O/c17-14-8-11-9(5-3-6-12(11)19-14)16(22)21-13-7-2-1-4-10(13)15(18)20-21/h3,5-6,8,19H,1-2,4,7H2,(H2,18,20). The maximum Gasteiger partial charge on any atom is 0.279 e. The Bertz CT molecular complexity index is 893. The highest BCUT2D eigenvalue weighted by Gasteiger charge is 2.24. The first kappa shape index (κ1) is 13.6. The van der Waals surface area contributed by atoms with Crippen molar-refractivity contribution in [3.05, 3.63) is 45.7 Å². The summed E-state index contributed by atoms with van der Waals surface area (Å²) < 4.78 is 2.35. The molecule has 1 aromatic carbocycles. The number of aromatic amines is 1. The number of carbonyl (C=O) groups is 1. The quantitative estimate of drug-likeness (QED) is 0.700. The summed E-state index contributed by atoms with van der Waals surface area (Å²) in [4.78, 5) is 16.2. The minimum Gasteiger partial charge on any atom is -0.382 e. The normalized spacial score (nSPS) is 14.2. The summed E-state index contributed by atoms with van der Waals surface area (Å²) in [5, 5.41) is 5.19. The average molecular weight is 359 g/mol. The second-order valence-corrected chi connectivity index (χ2v) is 6.47. The minimum atomic E-state index is -0.119. The molecule has 5 nitrogen and oxygen atoms in total. The molecular weight excluding hydrogens is 344 g/mol. The van der Waals surface area contributed by atoms with Gasteiger partial charge in [0.25, 0.3) is 5.91 Å². The number of nitrogens with two attached hydrogens (primary N) is 1. The number of hydrogen-bond donors (Lipinski definition) is 2. The van der Waals surface area contributed by atoms with Crippen molar-refractivity contribution in [3.8, 4) is 0 Å². The van der Waals surface area contributed by atoms with Crippen LogP contribution in [-0.2, 0) is 12.8 Å². The van der Waals surface area contributed by atoms with Crippen molar-refractivity contribution in [3.63, 3.8) is 0 Å². The molecule has 6 heteroatoms. The number of rotatable bonds is 1. The number of benzene rings is 1. The summed E-state index contributed by atoms with van der Waals surface area (Å²) in [6.45, 7) is 0. The third kappa shape index (κ3) is 1.98. The molecule has 0 atom stereocenters. The van der Waals surface area contributed by atoms with E-state index in [-0.39, 0.29) is 5.91 Å². The van der Waals surface area contributed by atoms with E-state index < -0.39 is 0 Å². The van der Waals surface area contributed by atoms with Crippen molar-refractivity contribution in [2.45, 2.75) is 25.7 Å². The molecule has 22 heavy (non-hydrogen) atoms. The van der Waals surface area contributed by atoms with Crippen LogP contribution >= 0.6 is 15.9 Å². The van der Waals surface area contributed by atoms with Crippen LogP contribution < -0.4 is 5.73 Å². The van der Waals surface area contributed by atoms with Crippen molar-refractivity contribution in [2.24, 2.45) is 0 Å². The Kier molecular flexibility index (Phi) is 3.07. The van der Waals surface area contributed by atoms with E-state index in [2.05, 4.69) is 26.0 Å². The van der Waals surface area contributed by atoms with Gasteiger partial charge in [0.05, 0.1) is 15.9 Å². The maximum atomic E-state index is 13.0. The van der Waals surface area contributed by atoms with Crippen LogP contribution in [0.15, 0.2) is 28.9 Å². The molecule has 0 amide bonds. The van der Waals surface area contributed by atoms with Crippen LogP contribution in [0.3, 0.4) is 0 Å². The van der Waals surface area contributed by atoms with Gasteiger partial charge in [-0.15, -0.1) is 5.10 Å². The van der Waals surface area contributed by atoms with Crippen LogP contribution in [0.5, 0.6) is 0 Å². The third-order valence-corrected chi connectivity index (χ3v) is 4.69. The molecule has 3 aromatic rings. The molecule has 0 aliphatic heterocycles. The van der Waals surface area contributed by atoms with Gasteiger partial charge in [-0.05, 0) is 59.8 Å². The van der Waals surface area contributed by atoms with Gasteiger partial charge in [-0.1, -0.05) is 6.07 Å². The van der Waals surface area contributed by atoms with Gasteiger partial charge in [0.2, 0.25) is 0 Å². The lowest BCUT2D eigenvalue weighted by molar-refractivity contribution is 0.0943. The lowest BCUT2D eigenvalue weighted by atomic mass is 9.97. The monoisotopic (exact) mass is 358 g/mol. The first-order chi connectivity index (χ1) is 10.6. The van der Waals surface area contributed by atoms with Gasteiger partial charge in [-0.2, -0.15) is 4.68 Å². The number of nitrogens with zero attached hydrogens (tertiary/aromatic N) is 2. The van der Waals surface area contributed by atoms with Crippen LogP contribution in [-0.4, -0.2) is 20.7 Å². The highest BCUT2D eigenvalue weighted by atomic mass is 79.9. The van der Waals surface area contributed by atoms with E-state index in [0.29, 0.717) is 11.4 Å². The van der Waals surface area contributed by atoms with E-state index in [0.717, 1.165) is 52.4 Å². The van der Waals surface area contributed by atoms with Crippen LogP contribution in [0, 0.1) is 0 Å². The van der Waals surface area contributed by atoms with E-state index >= 15 is 0 Å². The summed E-state index contributed by atoms with van der Waals surface area (Å²) >= 11 is 3.42. The zero-order valence-electron chi connectivity index (χ0n) is 11.9. The molecule has 112 valence electrons. The summed E-state index contributed by atoms with van der Waals surface area (Å²) in [5.41, 5.74) is 9.57. The number of carbonyl (C=O) groups excluding carboxylic acids is 1. The van der Waals surface area contributed by atoms with Crippen molar-refractivity contribution >= 4 is 38.6 Å². The highest BCUT2D eigenvalue weighted by molar-refractivity contribution is 9.10. The Morgan fingerprint density at radius 2 is 2.14 bits per heavy atom. The minimum absolute atomic E-state index is 0.119. The van der Waals surface area contributed by atoms with E-state index in [1.54, 1.807) is 0 Å². The number of nitrogens with one attached hydrogen (secondary N) is 1. The Hall–Kier alpha value is -2.08. The fourth-order valence-corrected chi connectivity index (χ4v) is 3.66. The van der Waals surface area contributed by atoms with Crippen LogP contribution in [0.4, 0.5) is 5.82 Å². The van der Waals surface area contributed by atoms with E-state index in [1.165, 1.54) is 4.68 Å². The molecule has 0 unspecified atom stereocenters. The molecule has 0 saturated heterocycles. The number of fused-ring (bicyclic) bond motifs is 2. The van der Waals surface area contributed by atoms with Crippen LogP contribution in [0.2, 0.25) is 0 Å². The van der Waals surface area contributed by atoms with Crippen molar-refractivity contribution < 1.29 is 4.79 Å². The maximum absolute atomic E-state index is 13.0. The molecular formula is C16H15BrN4O. The second kappa shape index (κ2) is 4.98. The summed E-state index contributed by atoms with van der Waals surface area (Å²) in [6.07, 6.45) is 3.95. The Morgan fingerprint density at radius 1 is 1.32 bits per heavy atom. The van der Waals surface area contributed by atoms with Gasteiger partial charge in [-0.3, -0.25) is 4.79 Å². The molecule has 0 spiro atoms. The molecule has 3 N–H and O–H groups in total. The molecule has 2 aromatic heterocycles. The molecule has 2 heterocycles. The van der Waals surface area contributed by atoms with Crippen molar-refractivity contribution in [2.75, 3.05) is 5.73 Å². The summed E-state index contributed by atoms with van der Waals surface area (Å²) in [5.74, 6) is 0.373. The molecule has 1 aliphatic carbocycles. The molecule has 0 fully saturated rings. The van der Waals surface area contributed by atoms with E-state index in [9.17, 15) is 4.79 Å². The molecule has 0 bridgehead atoms. The predicted octanol–water partition coefficient (Wildman–Crippen LogP) is 3.28. The number of hydrogen-bond acceptors (Lipinski definition) is 3. The summed E-state index contributed by atoms with van der Waals surface area (Å²) in [6, 6.07) is 7.57. The zero-order valence-corrected chi connectivity index (χ0v) is 13.5. The molecule has 4 rings (SSSR count). The first-order valence-electron chi connectivity index (χ1n) is 7.33. The van der Waals surface area contributed by atoms with Gasteiger partial charge < -0.3 is 10.7 Å². The third-order valence-electron chi connectivity index (χ3n) is 4.27. The fourth-order valence-electron chi connectivity index (χ4n) is 3.22. The highest BCUT2D eigenvalue weighted by Crippen LogP contribution is 2.28. The fraction of sp³-hybridized carbons (Fsp3) is 0.250. The topological polar surface area (TPSA) is 76.7 Å². The number of nitrogen functional groups attached to an aromatic ring is 1. The Labute approximate surface area is 135 Å². The summed E-state index contributed by atoms with van der Waals surface area (Å²) in [7, 11) is 0. The van der Waals surface area contributed by atoms with Crippen molar-refractivity contribution in [1.82, 2.24) is 14.8 Å². The first-order valence-corrected chi connectivity index (χ1v) is 8.12. The Morgan fingerprint density at radius 3 is 3.00 bits per heavy atom.